The number of aromatic nitrogens is 1. The van der Waals surface area contributed by atoms with Crippen molar-refractivity contribution in [2.75, 3.05) is 32.0 Å². The van der Waals surface area contributed by atoms with Crippen molar-refractivity contribution in [3.63, 3.8) is 0 Å². The number of urea groups is 1. The molecule has 2 N–H and O–H groups in total. The number of carbonyl (C=O) groups excluding carboxylic acids is 3. The number of imide groups is 1. The molecular formula is C16H21N5O3S. The molecule has 1 aliphatic carbocycles. The Labute approximate surface area is 149 Å². The van der Waals surface area contributed by atoms with E-state index in [1.54, 1.807) is 11.3 Å². The minimum absolute atomic E-state index is 0.131. The average molecular weight is 363 g/mol. The Hall–Kier alpha value is -2.00. The molecular weight excluding hydrogens is 342 g/mol. The number of nitrogens with zero attached hydrogens (tertiary/aromatic N) is 3. The first-order valence-electron chi connectivity index (χ1n) is 8.58. The number of amides is 4. The fourth-order valence-electron chi connectivity index (χ4n) is 3.82. The van der Waals surface area contributed by atoms with Crippen molar-refractivity contribution in [3.05, 3.63) is 10.6 Å². The number of thiazole rings is 1. The molecule has 1 unspecified atom stereocenters. The zero-order valence-electron chi connectivity index (χ0n) is 14.1. The number of fused-ring (bicyclic) bond motifs is 1. The highest BCUT2D eigenvalue weighted by molar-refractivity contribution is 7.15. The monoisotopic (exact) mass is 363 g/mol. The van der Waals surface area contributed by atoms with Crippen LogP contribution in [0.2, 0.25) is 0 Å². The molecule has 1 aromatic heterocycles. The van der Waals surface area contributed by atoms with Crippen LogP contribution < -0.4 is 10.6 Å². The molecule has 1 aromatic rings. The average Bonchev–Trinajstić information content (AvgIpc) is 3.22. The first-order chi connectivity index (χ1) is 12.0. The van der Waals surface area contributed by atoms with Crippen molar-refractivity contribution >= 4 is 34.3 Å². The molecule has 9 heteroatoms. The van der Waals surface area contributed by atoms with E-state index >= 15 is 0 Å². The second kappa shape index (κ2) is 6.06. The van der Waals surface area contributed by atoms with Gasteiger partial charge in [-0.1, -0.05) is 0 Å². The summed E-state index contributed by atoms with van der Waals surface area (Å²) < 4.78 is 0. The number of likely N-dealkylation sites (tertiary alicyclic amines) is 1. The second-order valence-corrected chi connectivity index (χ2v) is 8.06. The van der Waals surface area contributed by atoms with E-state index in [1.807, 2.05) is 4.90 Å². The van der Waals surface area contributed by atoms with Crippen molar-refractivity contribution in [2.24, 2.45) is 0 Å². The van der Waals surface area contributed by atoms with Crippen molar-refractivity contribution in [3.8, 4) is 0 Å². The highest BCUT2D eigenvalue weighted by atomic mass is 32.1. The van der Waals surface area contributed by atoms with Crippen molar-refractivity contribution in [1.82, 2.24) is 20.1 Å². The highest BCUT2D eigenvalue weighted by Crippen LogP contribution is 2.30. The van der Waals surface area contributed by atoms with Gasteiger partial charge in [-0.3, -0.25) is 19.4 Å². The lowest BCUT2D eigenvalue weighted by molar-refractivity contribution is -0.130. The minimum atomic E-state index is -0.869. The molecule has 0 saturated carbocycles. The smallest absolute Gasteiger partial charge is 0.322 e. The van der Waals surface area contributed by atoms with Gasteiger partial charge < -0.3 is 10.6 Å². The van der Waals surface area contributed by atoms with Gasteiger partial charge in [-0.25, -0.2) is 9.78 Å². The van der Waals surface area contributed by atoms with Gasteiger partial charge in [0, 0.05) is 25.0 Å². The Morgan fingerprint density at radius 1 is 1.36 bits per heavy atom. The van der Waals surface area contributed by atoms with Gasteiger partial charge in [-0.2, -0.15) is 0 Å². The molecule has 3 aliphatic rings. The van der Waals surface area contributed by atoms with Crippen LogP contribution in [0.3, 0.4) is 0 Å². The summed E-state index contributed by atoms with van der Waals surface area (Å²) in [4.78, 5) is 45.1. The Bertz CT molecular complexity index is 725. The molecule has 0 aromatic carbocycles. The number of nitrogens with one attached hydrogen (secondary N) is 2. The van der Waals surface area contributed by atoms with Crippen LogP contribution in [-0.2, 0) is 22.4 Å². The van der Waals surface area contributed by atoms with Crippen LogP contribution in [0.5, 0.6) is 0 Å². The number of carbonyl (C=O) groups is 3. The van der Waals surface area contributed by atoms with E-state index < -0.39 is 5.54 Å². The molecule has 2 fully saturated rings. The Morgan fingerprint density at radius 3 is 2.88 bits per heavy atom. The van der Waals surface area contributed by atoms with Crippen LogP contribution in [-0.4, -0.2) is 64.9 Å². The molecule has 2 saturated heterocycles. The SMILES string of the molecule is CN1C(=O)NC2(CCN(CC(=O)Nc3nc4c(s3)CCCC4)C2)C1=O. The molecule has 4 amide bonds. The van der Waals surface area contributed by atoms with Crippen LogP contribution in [0.15, 0.2) is 0 Å². The van der Waals surface area contributed by atoms with E-state index in [2.05, 4.69) is 15.6 Å². The fourth-order valence-corrected chi connectivity index (χ4v) is 4.89. The van der Waals surface area contributed by atoms with Gasteiger partial charge in [0.05, 0.1) is 12.2 Å². The quantitative estimate of drug-likeness (QED) is 0.767. The Kier molecular flexibility index (Phi) is 3.99. The Morgan fingerprint density at radius 2 is 2.16 bits per heavy atom. The Balaban J connectivity index is 1.35. The standard InChI is InChI=1S/C16H21N5O3S/c1-20-13(23)16(19-15(20)24)6-7-21(9-16)8-12(22)18-14-17-10-4-2-3-5-11(10)25-14/h2-9H2,1H3,(H,19,24)(H,17,18,22). The van der Waals surface area contributed by atoms with Crippen LogP contribution >= 0.6 is 11.3 Å². The number of aryl methyl sites for hydroxylation is 2. The summed E-state index contributed by atoms with van der Waals surface area (Å²) in [6, 6.07) is -0.371. The van der Waals surface area contributed by atoms with Crippen LogP contribution in [0.1, 0.15) is 29.8 Å². The molecule has 1 atom stereocenters. The number of likely N-dealkylation sites (N-methyl/N-ethyl adjacent to an activating group) is 1. The van der Waals surface area contributed by atoms with Crippen LogP contribution in [0.4, 0.5) is 9.93 Å². The molecule has 3 heterocycles. The van der Waals surface area contributed by atoms with Crippen molar-refractivity contribution in [1.29, 1.82) is 0 Å². The van der Waals surface area contributed by atoms with E-state index in [0.717, 1.165) is 29.9 Å². The van der Waals surface area contributed by atoms with Gasteiger partial charge in [0.2, 0.25) is 5.91 Å². The van der Waals surface area contributed by atoms with E-state index in [4.69, 9.17) is 0 Å². The summed E-state index contributed by atoms with van der Waals surface area (Å²) in [5, 5.41) is 6.31. The van der Waals surface area contributed by atoms with Gasteiger partial charge in [-0.15, -0.1) is 11.3 Å². The minimum Gasteiger partial charge on any atom is -0.322 e. The maximum absolute atomic E-state index is 12.3. The van der Waals surface area contributed by atoms with E-state index in [-0.39, 0.29) is 24.4 Å². The normalized spacial score (nSPS) is 26.2. The fraction of sp³-hybridized carbons (Fsp3) is 0.625. The molecule has 0 bridgehead atoms. The van der Waals surface area contributed by atoms with Crippen molar-refractivity contribution < 1.29 is 14.4 Å². The number of hydrogen-bond acceptors (Lipinski definition) is 6. The first kappa shape index (κ1) is 16.5. The van der Waals surface area contributed by atoms with Gasteiger partial charge in [0.15, 0.2) is 5.13 Å². The van der Waals surface area contributed by atoms with Gasteiger partial charge >= 0.3 is 6.03 Å². The zero-order valence-corrected chi connectivity index (χ0v) is 14.9. The van der Waals surface area contributed by atoms with Crippen molar-refractivity contribution in [2.45, 2.75) is 37.6 Å². The van der Waals surface area contributed by atoms with Gasteiger partial charge in [0.25, 0.3) is 5.91 Å². The van der Waals surface area contributed by atoms with Crippen LogP contribution in [0, 0.1) is 0 Å². The first-order valence-corrected chi connectivity index (χ1v) is 9.40. The molecule has 4 rings (SSSR count). The van der Waals surface area contributed by atoms with E-state index in [0.29, 0.717) is 24.6 Å². The highest BCUT2D eigenvalue weighted by Gasteiger charge is 2.53. The molecule has 0 radical (unpaired) electrons. The molecule has 1 spiro atoms. The number of rotatable bonds is 3. The lowest BCUT2D eigenvalue weighted by Crippen LogP contribution is -2.49. The predicted molar refractivity (Wildman–Crippen MR) is 92.5 cm³/mol. The van der Waals surface area contributed by atoms with E-state index in [9.17, 15) is 14.4 Å². The predicted octanol–water partition coefficient (Wildman–Crippen LogP) is 0.586. The molecule has 134 valence electrons. The summed E-state index contributed by atoms with van der Waals surface area (Å²) in [5.41, 5.74) is 0.251. The second-order valence-electron chi connectivity index (χ2n) is 6.98. The zero-order chi connectivity index (χ0) is 17.6. The topological polar surface area (TPSA) is 94.6 Å². The summed E-state index contributed by atoms with van der Waals surface area (Å²) in [6.45, 7) is 1.16. The third-order valence-electron chi connectivity index (χ3n) is 5.17. The summed E-state index contributed by atoms with van der Waals surface area (Å²) >= 11 is 1.56. The number of anilines is 1. The third-order valence-corrected chi connectivity index (χ3v) is 6.25. The lowest BCUT2D eigenvalue weighted by Gasteiger charge is -2.21. The summed E-state index contributed by atoms with van der Waals surface area (Å²) in [6.07, 6.45) is 4.92. The van der Waals surface area contributed by atoms with Gasteiger partial charge in [0.1, 0.15) is 5.54 Å². The van der Waals surface area contributed by atoms with E-state index in [1.165, 1.54) is 18.3 Å². The molecule has 2 aliphatic heterocycles. The summed E-state index contributed by atoms with van der Waals surface area (Å²) in [5.74, 6) is -0.346. The third kappa shape index (κ3) is 2.91. The largest absolute Gasteiger partial charge is 0.324 e. The van der Waals surface area contributed by atoms with Gasteiger partial charge in [-0.05, 0) is 32.1 Å². The summed E-state index contributed by atoms with van der Waals surface area (Å²) in [7, 11) is 1.48. The maximum Gasteiger partial charge on any atom is 0.324 e. The molecule has 25 heavy (non-hydrogen) atoms. The number of hydrogen-bond donors (Lipinski definition) is 2. The van der Waals surface area contributed by atoms with Crippen LogP contribution in [0.25, 0.3) is 0 Å². The lowest BCUT2D eigenvalue weighted by atomic mass is 9.99. The molecule has 8 nitrogen and oxygen atoms in total. The maximum atomic E-state index is 12.3.